The predicted octanol–water partition coefficient (Wildman–Crippen LogP) is 4.10. The van der Waals surface area contributed by atoms with Crippen LogP contribution in [-0.2, 0) is 16.4 Å². The van der Waals surface area contributed by atoms with E-state index >= 15 is 0 Å². The van der Waals surface area contributed by atoms with Crippen LogP contribution in [0.25, 0.3) is 0 Å². The molecule has 1 fully saturated rings. The molecule has 0 atom stereocenters. The van der Waals surface area contributed by atoms with Gasteiger partial charge in [-0.1, -0.05) is 13.0 Å². The molecule has 1 N–H and O–H groups in total. The number of thiophene rings is 1. The van der Waals surface area contributed by atoms with E-state index in [0.29, 0.717) is 9.90 Å². The van der Waals surface area contributed by atoms with Crippen LogP contribution in [0.2, 0.25) is 0 Å². The van der Waals surface area contributed by atoms with E-state index in [9.17, 15) is 8.42 Å². The standard InChI is InChI=1S/C17H22N2O2S2/c1-2-16-9-10-17(22-16)23(20,21)18-14-7-6-8-15(13-14)19-11-4-3-5-12-19/h6-10,13,18H,2-5,11-12H2,1H3. The maximum Gasteiger partial charge on any atom is 0.271 e. The van der Waals surface area contributed by atoms with Gasteiger partial charge in [0.15, 0.2) is 0 Å². The van der Waals surface area contributed by atoms with Crippen molar-refractivity contribution < 1.29 is 8.42 Å². The van der Waals surface area contributed by atoms with E-state index in [-0.39, 0.29) is 0 Å². The summed E-state index contributed by atoms with van der Waals surface area (Å²) in [5.41, 5.74) is 1.71. The van der Waals surface area contributed by atoms with E-state index in [4.69, 9.17) is 0 Å². The highest BCUT2D eigenvalue weighted by Crippen LogP contribution is 2.27. The Morgan fingerprint density at radius 1 is 1.13 bits per heavy atom. The molecule has 0 spiro atoms. The van der Waals surface area contributed by atoms with E-state index in [1.807, 2.05) is 31.2 Å². The largest absolute Gasteiger partial charge is 0.371 e. The van der Waals surface area contributed by atoms with Gasteiger partial charge in [0.05, 0.1) is 5.69 Å². The van der Waals surface area contributed by atoms with Crippen LogP contribution in [0, 0.1) is 0 Å². The molecule has 0 unspecified atom stereocenters. The van der Waals surface area contributed by atoms with E-state index < -0.39 is 10.0 Å². The van der Waals surface area contributed by atoms with Crippen LogP contribution in [0.15, 0.2) is 40.6 Å². The molecule has 1 aliphatic heterocycles. The summed E-state index contributed by atoms with van der Waals surface area (Å²) in [6, 6.07) is 11.2. The van der Waals surface area contributed by atoms with Gasteiger partial charge in [-0.05, 0) is 56.0 Å². The van der Waals surface area contributed by atoms with Gasteiger partial charge >= 0.3 is 0 Å². The fourth-order valence-electron chi connectivity index (χ4n) is 2.82. The Morgan fingerprint density at radius 3 is 2.61 bits per heavy atom. The van der Waals surface area contributed by atoms with Crippen LogP contribution in [0.1, 0.15) is 31.1 Å². The topological polar surface area (TPSA) is 49.4 Å². The first kappa shape index (κ1) is 16.3. The number of hydrogen-bond donors (Lipinski definition) is 1. The van der Waals surface area contributed by atoms with E-state index in [0.717, 1.165) is 30.1 Å². The minimum Gasteiger partial charge on any atom is -0.371 e. The lowest BCUT2D eigenvalue weighted by Gasteiger charge is -2.29. The highest BCUT2D eigenvalue weighted by Gasteiger charge is 2.18. The molecule has 2 aromatic rings. The van der Waals surface area contributed by atoms with Crippen molar-refractivity contribution in [1.82, 2.24) is 0 Å². The van der Waals surface area contributed by atoms with Crippen LogP contribution < -0.4 is 9.62 Å². The Labute approximate surface area is 142 Å². The van der Waals surface area contributed by atoms with Crippen molar-refractivity contribution >= 4 is 32.7 Å². The summed E-state index contributed by atoms with van der Waals surface area (Å²) in [5, 5.41) is 0. The molecule has 0 amide bonds. The zero-order valence-electron chi connectivity index (χ0n) is 13.3. The molecule has 0 bridgehead atoms. The second-order valence-electron chi connectivity index (χ2n) is 5.78. The third-order valence-electron chi connectivity index (χ3n) is 4.07. The van der Waals surface area contributed by atoms with Crippen LogP contribution in [0.4, 0.5) is 11.4 Å². The van der Waals surface area contributed by atoms with Gasteiger partial charge in [-0.2, -0.15) is 0 Å². The second kappa shape index (κ2) is 6.93. The minimum atomic E-state index is -3.50. The van der Waals surface area contributed by atoms with Gasteiger partial charge in [-0.25, -0.2) is 8.42 Å². The molecule has 1 aromatic carbocycles. The van der Waals surface area contributed by atoms with Crippen LogP contribution in [-0.4, -0.2) is 21.5 Å². The third kappa shape index (κ3) is 3.87. The molecule has 23 heavy (non-hydrogen) atoms. The third-order valence-corrected chi connectivity index (χ3v) is 7.17. The van der Waals surface area contributed by atoms with Gasteiger partial charge in [0.25, 0.3) is 10.0 Å². The first-order valence-electron chi connectivity index (χ1n) is 8.05. The molecule has 0 saturated carbocycles. The number of hydrogen-bond acceptors (Lipinski definition) is 4. The van der Waals surface area contributed by atoms with E-state index in [1.54, 1.807) is 12.1 Å². The monoisotopic (exact) mass is 350 g/mol. The number of benzene rings is 1. The molecule has 4 nitrogen and oxygen atoms in total. The summed E-state index contributed by atoms with van der Waals surface area (Å²) >= 11 is 1.33. The summed E-state index contributed by atoms with van der Waals surface area (Å²) in [6.45, 7) is 4.11. The first-order valence-corrected chi connectivity index (χ1v) is 10.3. The zero-order chi connectivity index (χ0) is 16.3. The van der Waals surface area contributed by atoms with E-state index in [2.05, 4.69) is 9.62 Å². The number of aryl methyl sites for hydroxylation is 1. The zero-order valence-corrected chi connectivity index (χ0v) is 14.9. The lowest BCUT2D eigenvalue weighted by Crippen LogP contribution is -2.29. The fourth-order valence-corrected chi connectivity index (χ4v) is 5.16. The van der Waals surface area contributed by atoms with E-state index in [1.165, 1.54) is 30.6 Å². The van der Waals surface area contributed by atoms with Crippen molar-refractivity contribution in [1.29, 1.82) is 0 Å². The molecule has 0 radical (unpaired) electrons. The van der Waals surface area contributed by atoms with Gasteiger partial charge in [0.2, 0.25) is 0 Å². The van der Waals surface area contributed by atoms with Crippen molar-refractivity contribution in [2.24, 2.45) is 0 Å². The predicted molar refractivity (Wildman–Crippen MR) is 97.0 cm³/mol. The molecule has 3 rings (SSSR count). The van der Waals surface area contributed by atoms with Crippen LogP contribution in [0.3, 0.4) is 0 Å². The number of piperidine rings is 1. The molecule has 124 valence electrons. The minimum absolute atomic E-state index is 0.373. The number of rotatable bonds is 5. The molecular weight excluding hydrogens is 328 g/mol. The second-order valence-corrected chi connectivity index (χ2v) is 8.86. The maximum atomic E-state index is 12.5. The molecule has 1 saturated heterocycles. The maximum absolute atomic E-state index is 12.5. The Kier molecular flexibility index (Phi) is 4.92. The highest BCUT2D eigenvalue weighted by molar-refractivity contribution is 7.94. The molecule has 6 heteroatoms. The SMILES string of the molecule is CCc1ccc(S(=O)(=O)Nc2cccc(N3CCCCC3)c2)s1. The van der Waals surface area contributed by atoms with Crippen LogP contribution in [0.5, 0.6) is 0 Å². The lowest BCUT2D eigenvalue weighted by atomic mass is 10.1. The summed E-state index contributed by atoms with van der Waals surface area (Å²) in [6.07, 6.45) is 4.53. The summed E-state index contributed by atoms with van der Waals surface area (Å²) in [5.74, 6) is 0. The van der Waals surface area contributed by atoms with Gasteiger partial charge in [0.1, 0.15) is 4.21 Å². The first-order chi connectivity index (χ1) is 11.1. The van der Waals surface area contributed by atoms with Crippen LogP contribution >= 0.6 is 11.3 Å². The summed E-state index contributed by atoms with van der Waals surface area (Å²) < 4.78 is 28.1. The Morgan fingerprint density at radius 2 is 1.91 bits per heavy atom. The van der Waals surface area contributed by atoms with Crippen molar-refractivity contribution in [3.8, 4) is 0 Å². The Bertz CT molecular complexity index is 762. The van der Waals surface area contributed by atoms with Crippen molar-refractivity contribution in [2.45, 2.75) is 36.8 Å². The van der Waals surface area contributed by atoms with Crippen molar-refractivity contribution in [3.05, 3.63) is 41.3 Å². The highest BCUT2D eigenvalue weighted by atomic mass is 32.2. The van der Waals surface area contributed by atoms with Gasteiger partial charge in [-0.15, -0.1) is 11.3 Å². The number of nitrogens with zero attached hydrogens (tertiary/aromatic N) is 1. The van der Waals surface area contributed by atoms with Crippen molar-refractivity contribution in [3.63, 3.8) is 0 Å². The molecule has 2 heterocycles. The van der Waals surface area contributed by atoms with Gasteiger partial charge in [0, 0.05) is 23.7 Å². The smallest absolute Gasteiger partial charge is 0.271 e. The molecule has 1 aliphatic rings. The Hall–Kier alpha value is -1.53. The molecular formula is C17H22N2O2S2. The Balaban J connectivity index is 1.79. The van der Waals surface area contributed by atoms with Crippen molar-refractivity contribution in [2.75, 3.05) is 22.7 Å². The summed E-state index contributed by atoms with van der Waals surface area (Å²) in [4.78, 5) is 3.40. The normalized spacial score (nSPS) is 15.6. The van der Waals surface area contributed by atoms with Gasteiger partial charge in [-0.3, -0.25) is 4.72 Å². The average Bonchev–Trinajstić information content (AvgIpc) is 3.06. The summed E-state index contributed by atoms with van der Waals surface area (Å²) in [7, 11) is -3.50. The molecule has 0 aliphatic carbocycles. The average molecular weight is 351 g/mol. The number of anilines is 2. The molecule has 1 aromatic heterocycles. The number of sulfonamides is 1. The number of nitrogens with one attached hydrogen (secondary N) is 1. The quantitative estimate of drug-likeness (QED) is 0.883. The van der Waals surface area contributed by atoms with Gasteiger partial charge < -0.3 is 4.90 Å². The lowest BCUT2D eigenvalue weighted by molar-refractivity contribution is 0.578. The fraction of sp³-hybridized carbons (Fsp3) is 0.412.